The number of piperidine rings is 1. The lowest BCUT2D eigenvalue weighted by Crippen LogP contribution is -2.47. The third kappa shape index (κ3) is 4.26. The molecule has 0 unspecified atom stereocenters. The van der Waals surface area contributed by atoms with Crippen LogP contribution in [0.1, 0.15) is 19.3 Å². The summed E-state index contributed by atoms with van der Waals surface area (Å²) in [7, 11) is 0. The van der Waals surface area contributed by atoms with E-state index < -0.39 is 11.9 Å². The molecule has 0 spiro atoms. The van der Waals surface area contributed by atoms with Gasteiger partial charge in [-0.1, -0.05) is 23.7 Å². The van der Waals surface area contributed by atoms with E-state index in [1.807, 2.05) is 4.90 Å². The van der Waals surface area contributed by atoms with Gasteiger partial charge in [-0.15, -0.1) is 0 Å². The van der Waals surface area contributed by atoms with Crippen LogP contribution < -0.4 is 10.2 Å². The van der Waals surface area contributed by atoms with Gasteiger partial charge in [0.25, 0.3) is 5.91 Å². The van der Waals surface area contributed by atoms with E-state index >= 15 is 0 Å². The van der Waals surface area contributed by atoms with E-state index in [1.165, 1.54) is 18.2 Å². The van der Waals surface area contributed by atoms with Crippen molar-refractivity contribution < 1.29 is 23.9 Å². The summed E-state index contributed by atoms with van der Waals surface area (Å²) in [5.74, 6) is -1.79. The zero-order chi connectivity index (χ0) is 22.1. The Morgan fingerprint density at radius 1 is 1.13 bits per heavy atom. The number of imide groups is 1. The number of hydrogen-bond acceptors (Lipinski definition) is 5. The van der Waals surface area contributed by atoms with Crippen LogP contribution in [-0.2, 0) is 14.4 Å². The molecule has 0 aromatic heterocycles. The molecule has 2 heterocycles. The zero-order valence-electron chi connectivity index (χ0n) is 16.6. The van der Waals surface area contributed by atoms with Crippen molar-refractivity contribution in [1.82, 2.24) is 4.90 Å². The Balaban J connectivity index is 1.38. The first-order valence-electron chi connectivity index (χ1n) is 10.00. The number of phenolic OH excluding ortho intramolecular Hbond substituents is 1. The molecule has 1 atom stereocenters. The number of anilines is 2. The maximum atomic E-state index is 13.4. The number of para-hydroxylation sites is 2. The predicted molar refractivity (Wildman–Crippen MR) is 113 cm³/mol. The Kier molecular flexibility index (Phi) is 5.93. The van der Waals surface area contributed by atoms with Crippen LogP contribution in [0.15, 0.2) is 42.5 Å². The minimum atomic E-state index is -0.620. The lowest BCUT2D eigenvalue weighted by molar-refractivity contribution is -0.123. The molecule has 2 fully saturated rings. The Morgan fingerprint density at radius 2 is 1.84 bits per heavy atom. The number of carbonyl (C=O) groups excluding carboxylic acids is 3. The molecule has 2 aromatic rings. The highest BCUT2D eigenvalue weighted by atomic mass is 35.5. The fourth-order valence-electron chi connectivity index (χ4n) is 4.08. The van der Waals surface area contributed by atoms with E-state index in [-0.39, 0.29) is 46.5 Å². The number of hydrogen-bond donors (Lipinski definition) is 2. The summed E-state index contributed by atoms with van der Waals surface area (Å²) in [4.78, 5) is 40.9. The highest BCUT2D eigenvalue weighted by molar-refractivity contribution is 6.31. The van der Waals surface area contributed by atoms with Crippen LogP contribution in [0.25, 0.3) is 0 Å². The standard InChI is InChI=1S/C22H21ClFN3O4/c23-15-11-14(5-6-16(15)24)27-20(29)12-18(22(27)31)26-9-7-13(8-10-26)21(30)25-17-3-1-2-4-19(17)28/h1-6,11,13,18,28H,7-10,12H2,(H,25,30)/t18-/m0/s1. The van der Waals surface area contributed by atoms with Gasteiger partial charge in [0.05, 0.1) is 28.9 Å². The molecule has 0 saturated carbocycles. The molecule has 2 aliphatic rings. The Bertz CT molecular complexity index is 1040. The van der Waals surface area contributed by atoms with Crippen molar-refractivity contribution in [1.29, 1.82) is 0 Å². The number of aromatic hydroxyl groups is 1. The summed E-state index contributed by atoms with van der Waals surface area (Å²) in [6.07, 6.45) is 1.09. The van der Waals surface area contributed by atoms with Crippen molar-refractivity contribution in [2.45, 2.75) is 25.3 Å². The van der Waals surface area contributed by atoms with Gasteiger partial charge in [0.2, 0.25) is 11.8 Å². The van der Waals surface area contributed by atoms with Gasteiger partial charge in [-0.3, -0.25) is 19.3 Å². The fourth-order valence-corrected chi connectivity index (χ4v) is 4.26. The summed E-state index contributed by atoms with van der Waals surface area (Å²) in [5, 5.41) is 12.4. The third-order valence-electron chi connectivity index (χ3n) is 5.79. The van der Waals surface area contributed by atoms with Gasteiger partial charge in [0, 0.05) is 5.92 Å². The van der Waals surface area contributed by atoms with Crippen LogP contribution in [0.5, 0.6) is 5.75 Å². The predicted octanol–water partition coefficient (Wildman–Crippen LogP) is 3.17. The number of nitrogens with zero attached hydrogens (tertiary/aromatic N) is 2. The van der Waals surface area contributed by atoms with Crippen molar-refractivity contribution in [3.05, 3.63) is 53.3 Å². The van der Waals surface area contributed by atoms with Crippen LogP contribution in [0.4, 0.5) is 15.8 Å². The first kappa shape index (κ1) is 21.3. The number of phenols is 1. The maximum Gasteiger partial charge on any atom is 0.251 e. The molecule has 4 rings (SSSR count). The van der Waals surface area contributed by atoms with E-state index in [1.54, 1.807) is 18.2 Å². The summed E-state index contributed by atoms with van der Waals surface area (Å²) < 4.78 is 13.4. The lowest BCUT2D eigenvalue weighted by Gasteiger charge is -2.34. The van der Waals surface area contributed by atoms with Crippen LogP contribution in [0, 0.1) is 11.7 Å². The van der Waals surface area contributed by atoms with Crippen molar-refractivity contribution in [3.8, 4) is 5.75 Å². The number of benzene rings is 2. The van der Waals surface area contributed by atoms with Gasteiger partial charge in [-0.05, 0) is 56.3 Å². The highest BCUT2D eigenvalue weighted by Gasteiger charge is 2.44. The van der Waals surface area contributed by atoms with Crippen molar-refractivity contribution >= 4 is 40.7 Å². The molecule has 3 amide bonds. The number of likely N-dealkylation sites (tertiary alicyclic amines) is 1. The molecule has 2 aliphatic heterocycles. The largest absolute Gasteiger partial charge is 0.506 e. The molecule has 7 nitrogen and oxygen atoms in total. The number of halogens is 2. The van der Waals surface area contributed by atoms with E-state index in [2.05, 4.69) is 5.32 Å². The Labute approximate surface area is 183 Å². The molecule has 0 bridgehead atoms. The van der Waals surface area contributed by atoms with Crippen LogP contribution >= 0.6 is 11.6 Å². The second-order valence-corrected chi connectivity index (χ2v) is 8.11. The maximum absolute atomic E-state index is 13.4. The second-order valence-electron chi connectivity index (χ2n) is 7.70. The molecule has 162 valence electrons. The van der Waals surface area contributed by atoms with Crippen LogP contribution in [0.2, 0.25) is 5.02 Å². The number of amides is 3. The van der Waals surface area contributed by atoms with E-state index in [0.717, 1.165) is 11.0 Å². The van der Waals surface area contributed by atoms with Crippen molar-refractivity contribution in [2.24, 2.45) is 5.92 Å². The minimum Gasteiger partial charge on any atom is -0.506 e. The van der Waals surface area contributed by atoms with Crippen LogP contribution in [0.3, 0.4) is 0 Å². The van der Waals surface area contributed by atoms with Gasteiger partial charge < -0.3 is 10.4 Å². The van der Waals surface area contributed by atoms with E-state index in [9.17, 15) is 23.9 Å². The molecule has 0 radical (unpaired) electrons. The molecule has 2 N–H and O–H groups in total. The zero-order valence-corrected chi connectivity index (χ0v) is 17.3. The average Bonchev–Trinajstić information content (AvgIpc) is 3.06. The normalized spacial score (nSPS) is 20.3. The first-order valence-corrected chi connectivity index (χ1v) is 10.4. The molecule has 31 heavy (non-hydrogen) atoms. The molecular formula is C22H21ClFN3O4. The van der Waals surface area contributed by atoms with Crippen LogP contribution in [-0.4, -0.2) is 46.9 Å². The molecule has 2 aromatic carbocycles. The second kappa shape index (κ2) is 8.64. The first-order chi connectivity index (χ1) is 14.8. The number of carbonyl (C=O) groups is 3. The van der Waals surface area contributed by atoms with E-state index in [4.69, 9.17) is 11.6 Å². The molecular weight excluding hydrogens is 425 g/mol. The molecule has 9 heteroatoms. The van der Waals surface area contributed by atoms with Gasteiger partial charge >= 0.3 is 0 Å². The van der Waals surface area contributed by atoms with Gasteiger partial charge in [0.1, 0.15) is 11.6 Å². The van der Waals surface area contributed by atoms with E-state index in [0.29, 0.717) is 31.6 Å². The smallest absolute Gasteiger partial charge is 0.251 e. The number of nitrogens with one attached hydrogen (secondary N) is 1. The van der Waals surface area contributed by atoms with Gasteiger partial charge in [-0.2, -0.15) is 0 Å². The topological polar surface area (TPSA) is 89.9 Å². The minimum absolute atomic E-state index is 0.00402. The van der Waals surface area contributed by atoms with Gasteiger partial charge in [0.15, 0.2) is 0 Å². The average molecular weight is 446 g/mol. The fraction of sp³-hybridized carbons (Fsp3) is 0.318. The summed E-state index contributed by atoms with van der Waals surface area (Å²) in [6.45, 7) is 0.973. The van der Waals surface area contributed by atoms with Gasteiger partial charge in [-0.25, -0.2) is 9.29 Å². The third-order valence-corrected chi connectivity index (χ3v) is 6.08. The summed E-state index contributed by atoms with van der Waals surface area (Å²) in [5.41, 5.74) is 0.612. The molecule has 2 saturated heterocycles. The van der Waals surface area contributed by atoms with Crippen molar-refractivity contribution in [2.75, 3.05) is 23.3 Å². The quantitative estimate of drug-likeness (QED) is 0.557. The lowest BCUT2D eigenvalue weighted by atomic mass is 9.94. The summed E-state index contributed by atoms with van der Waals surface area (Å²) >= 11 is 5.80. The monoisotopic (exact) mass is 445 g/mol. The Morgan fingerprint density at radius 3 is 2.52 bits per heavy atom. The van der Waals surface area contributed by atoms with Crippen molar-refractivity contribution in [3.63, 3.8) is 0 Å². The SMILES string of the molecule is O=C(Nc1ccccc1O)C1CCN([C@H]2CC(=O)N(c3ccc(F)c(Cl)c3)C2=O)CC1. The molecule has 0 aliphatic carbocycles. The highest BCUT2D eigenvalue weighted by Crippen LogP contribution is 2.31. The Hall–Kier alpha value is -2.97. The summed E-state index contributed by atoms with van der Waals surface area (Å²) in [6, 6.07) is 9.66. The number of rotatable bonds is 4.